The zero-order chi connectivity index (χ0) is 7.40. The van der Waals surface area contributed by atoms with Gasteiger partial charge in [-0.1, -0.05) is 28.1 Å². The summed E-state index contributed by atoms with van der Waals surface area (Å²) in [5, 5.41) is 2.58. The number of benzene rings is 1. The van der Waals surface area contributed by atoms with E-state index in [2.05, 4.69) is 21.3 Å². The Labute approximate surface area is 71.3 Å². The minimum absolute atomic E-state index is 0.343. The molecular weight excluding hydrogens is 212 g/mol. The van der Waals surface area contributed by atoms with E-state index in [9.17, 15) is 4.21 Å². The summed E-state index contributed by atoms with van der Waals surface area (Å²) >= 11 is 3.62. The van der Waals surface area contributed by atoms with Crippen LogP contribution in [0.5, 0.6) is 0 Å². The van der Waals surface area contributed by atoms with E-state index in [0.717, 1.165) is 10.0 Å². The largest absolute Gasteiger partial charge is 0.212 e. The van der Waals surface area contributed by atoms with E-state index >= 15 is 0 Å². The van der Waals surface area contributed by atoms with E-state index in [1.165, 1.54) is 0 Å². The van der Waals surface area contributed by atoms with Gasteiger partial charge in [-0.15, -0.1) is 0 Å². The zero-order valence-electron chi connectivity index (χ0n) is 5.00. The van der Waals surface area contributed by atoms with Crippen molar-refractivity contribution in [2.45, 2.75) is 0 Å². The van der Waals surface area contributed by atoms with Crippen LogP contribution in [0, 0.1) is 0 Å². The van der Waals surface area contributed by atoms with Crippen molar-refractivity contribution in [1.29, 1.82) is 0 Å². The maximum atomic E-state index is 10.0. The highest BCUT2D eigenvalue weighted by molar-refractivity contribution is 9.10. The first-order valence-corrected chi connectivity index (χ1v) is 4.17. The van der Waals surface area contributed by atoms with Crippen LogP contribution in [0.15, 0.2) is 28.7 Å². The van der Waals surface area contributed by atoms with Gasteiger partial charge >= 0.3 is 0 Å². The first kappa shape index (κ1) is 7.69. The highest BCUT2D eigenvalue weighted by Crippen LogP contribution is 2.09. The van der Waals surface area contributed by atoms with Crippen molar-refractivity contribution in [2.75, 3.05) is 0 Å². The van der Waals surface area contributed by atoms with Gasteiger partial charge < -0.3 is 0 Å². The van der Waals surface area contributed by atoms with E-state index in [1.807, 2.05) is 24.3 Å². The molecule has 1 rings (SSSR count). The number of hydrogen-bond donors (Lipinski definition) is 0. The summed E-state index contributed by atoms with van der Waals surface area (Å²) in [4.78, 5) is 0. The lowest BCUT2D eigenvalue weighted by Crippen LogP contribution is -1.77. The first-order valence-electron chi connectivity index (χ1n) is 2.63. The summed E-state index contributed by atoms with van der Waals surface area (Å²) in [6, 6.07) is 7.43. The molecule has 3 heteroatoms. The van der Waals surface area contributed by atoms with Gasteiger partial charge in [-0.2, -0.15) is 0 Å². The van der Waals surface area contributed by atoms with Gasteiger partial charge in [0.05, 0.1) is 16.6 Å². The van der Waals surface area contributed by atoms with Gasteiger partial charge in [0.2, 0.25) is 0 Å². The average molecular weight is 216 g/mol. The standard InChI is InChI=1S/C7H4BrOS/c8-7-3-1-2-6(4-7)5-10-9/h1-4H. The molecule has 0 saturated carbocycles. The lowest BCUT2D eigenvalue weighted by Gasteiger charge is -1.89. The van der Waals surface area contributed by atoms with Crippen molar-refractivity contribution in [2.24, 2.45) is 0 Å². The quantitative estimate of drug-likeness (QED) is 0.653. The summed E-state index contributed by atoms with van der Waals surface area (Å²) < 4.78 is 11.0. The van der Waals surface area contributed by atoms with Crippen LogP contribution < -0.4 is 0 Å². The number of rotatable bonds is 1. The van der Waals surface area contributed by atoms with Crippen molar-refractivity contribution in [3.8, 4) is 0 Å². The highest BCUT2D eigenvalue weighted by atomic mass is 79.9. The molecule has 0 amide bonds. The molecule has 0 atom stereocenters. The molecule has 0 aliphatic rings. The molecule has 1 radical (unpaired) electrons. The minimum atomic E-state index is 0.343. The van der Waals surface area contributed by atoms with Crippen LogP contribution in [0.3, 0.4) is 0 Å². The molecule has 0 fully saturated rings. The van der Waals surface area contributed by atoms with Gasteiger partial charge in [-0.3, -0.25) is 0 Å². The van der Waals surface area contributed by atoms with E-state index < -0.39 is 0 Å². The highest BCUT2D eigenvalue weighted by Gasteiger charge is 1.87. The Hall–Kier alpha value is -0.410. The third-order valence-corrected chi connectivity index (χ3v) is 1.80. The number of hydrogen-bond acceptors (Lipinski definition) is 1. The second kappa shape index (κ2) is 3.68. The Morgan fingerprint density at radius 1 is 1.50 bits per heavy atom. The number of halogens is 1. The molecule has 0 aliphatic heterocycles. The summed E-state index contributed by atoms with van der Waals surface area (Å²) in [5.41, 5.74) is 0.814. The third kappa shape index (κ3) is 2.08. The molecule has 0 heterocycles. The molecule has 0 aliphatic carbocycles. The molecule has 0 aromatic heterocycles. The van der Waals surface area contributed by atoms with E-state index in [4.69, 9.17) is 0 Å². The normalized spacial score (nSPS) is 8.90. The molecule has 10 heavy (non-hydrogen) atoms. The topological polar surface area (TPSA) is 17.1 Å². The second-order valence-corrected chi connectivity index (χ2v) is 2.98. The van der Waals surface area contributed by atoms with Crippen molar-refractivity contribution in [3.05, 3.63) is 34.3 Å². The Morgan fingerprint density at radius 2 is 2.30 bits per heavy atom. The first-order chi connectivity index (χ1) is 4.83. The minimum Gasteiger partial charge on any atom is -0.212 e. The van der Waals surface area contributed by atoms with Crippen LogP contribution in [-0.2, 0) is 11.3 Å². The summed E-state index contributed by atoms with van der Waals surface area (Å²) in [7, 11) is 0. The molecule has 1 aromatic rings. The fourth-order valence-corrected chi connectivity index (χ4v) is 1.22. The van der Waals surface area contributed by atoms with Crippen LogP contribution in [0.4, 0.5) is 0 Å². The Kier molecular flexibility index (Phi) is 2.83. The monoisotopic (exact) mass is 215 g/mol. The molecule has 51 valence electrons. The van der Waals surface area contributed by atoms with Crippen LogP contribution in [-0.4, -0.2) is 9.58 Å². The molecule has 0 spiro atoms. The molecule has 1 aromatic carbocycles. The van der Waals surface area contributed by atoms with Crippen molar-refractivity contribution >= 4 is 32.6 Å². The van der Waals surface area contributed by atoms with Crippen LogP contribution >= 0.6 is 15.9 Å². The predicted molar refractivity (Wildman–Crippen MR) is 46.4 cm³/mol. The van der Waals surface area contributed by atoms with Gasteiger partial charge in [-0.05, 0) is 17.7 Å². The third-order valence-electron chi connectivity index (χ3n) is 0.984. The van der Waals surface area contributed by atoms with Gasteiger partial charge in [0.1, 0.15) is 0 Å². The maximum absolute atomic E-state index is 10.0. The predicted octanol–water partition coefficient (Wildman–Crippen LogP) is 1.69. The molecule has 0 unspecified atom stereocenters. The molecule has 1 nitrogen and oxygen atoms in total. The molecule has 0 N–H and O–H groups in total. The Morgan fingerprint density at radius 3 is 2.90 bits per heavy atom. The van der Waals surface area contributed by atoms with Gasteiger partial charge in [0, 0.05) is 4.47 Å². The summed E-state index contributed by atoms with van der Waals surface area (Å²) in [5.74, 6) is 0. The zero-order valence-corrected chi connectivity index (χ0v) is 7.41. The lowest BCUT2D eigenvalue weighted by molar-refractivity contribution is 0.701. The van der Waals surface area contributed by atoms with E-state index in [0.29, 0.717) is 11.3 Å². The van der Waals surface area contributed by atoms with Crippen molar-refractivity contribution in [1.82, 2.24) is 0 Å². The van der Waals surface area contributed by atoms with E-state index in [1.54, 1.807) is 0 Å². The molecule has 0 saturated heterocycles. The molecular formula is C7H4BrOS. The lowest BCUT2D eigenvalue weighted by atomic mass is 10.2. The van der Waals surface area contributed by atoms with Crippen molar-refractivity contribution in [3.63, 3.8) is 0 Å². The van der Waals surface area contributed by atoms with Crippen molar-refractivity contribution < 1.29 is 4.21 Å². The Bertz CT molecular complexity index is 279. The molecule has 0 bridgehead atoms. The summed E-state index contributed by atoms with van der Waals surface area (Å²) in [6.45, 7) is 0. The fraction of sp³-hybridized carbons (Fsp3) is 0. The maximum Gasteiger partial charge on any atom is 0.0988 e. The van der Waals surface area contributed by atoms with Crippen LogP contribution in [0.25, 0.3) is 0 Å². The second-order valence-electron chi connectivity index (χ2n) is 1.70. The Balaban J connectivity index is 3.06. The smallest absolute Gasteiger partial charge is 0.0988 e. The average Bonchev–Trinajstić information content (AvgIpc) is 1.88. The van der Waals surface area contributed by atoms with Gasteiger partial charge in [0.15, 0.2) is 0 Å². The van der Waals surface area contributed by atoms with Gasteiger partial charge in [-0.25, -0.2) is 4.21 Å². The van der Waals surface area contributed by atoms with Crippen LogP contribution in [0.1, 0.15) is 5.56 Å². The SMILES string of the molecule is O=S=[C]c1cccc(Br)c1. The summed E-state index contributed by atoms with van der Waals surface area (Å²) in [6.07, 6.45) is 0. The van der Waals surface area contributed by atoms with Crippen LogP contribution in [0.2, 0.25) is 0 Å². The fourth-order valence-electron chi connectivity index (χ4n) is 0.600. The van der Waals surface area contributed by atoms with E-state index in [-0.39, 0.29) is 0 Å². The van der Waals surface area contributed by atoms with Gasteiger partial charge in [0.25, 0.3) is 0 Å².